The van der Waals surface area contributed by atoms with Crippen LogP contribution in [0.4, 0.5) is 4.39 Å². The first kappa shape index (κ1) is 16.0. The standard InChI is InChI=1S/C18H21ClFN/c1-13(11-15-7-3-5-9-17(15)19)21-14(2)12-16-8-4-6-10-18(16)20/h3-10,13-14,21H,11-12H2,1-2H3. The van der Waals surface area contributed by atoms with Gasteiger partial charge in [-0.25, -0.2) is 4.39 Å². The predicted molar refractivity (Wildman–Crippen MR) is 87.3 cm³/mol. The lowest BCUT2D eigenvalue weighted by Gasteiger charge is -2.21. The average Bonchev–Trinajstić information content (AvgIpc) is 2.44. The maximum Gasteiger partial charge on any atom is 0.126 e. The van der Waals surface area contributed by atoms with Gasteiger partial charge in [0.15, 0.2) is 0 Å². The summed E-state index contributed by atoms with van der Waals surface area (Å²) >= 11 is 6.18. The summed E-state index contributed by atoms with van der Waals surface area (Å²) in [6, 6.07) is 15.3. The minimum atomic E-state index is -0.134. The smallest absolute Gasteiger partial charge is 0.126 e. The van der Waals surface area contributed by atoms with Crippen molar-refractivity contribution in [2.45, 2.75) is 38.8 Å². The molecule has 112 valence electrons. The topological polar surface area (TPSA) is 12.0 Å². The van der Waals surface area contributed by atoms with Crippen molar-refractivity contribution in [1.82, 2.24) is 5.32 Å². The molecule has 0 bridgehead atoms. The third-order valence-corrected chi connectivity index (χ3v) is 3.91. The van der Waals surface area contributed by atoms with Gasteiger partial charge in [0.1, 0.15) is 5.82 Å². The van der Waals surface area contributed by atoms with Gasteiger partial charge in [0, 0.05) is 17.1 Å². The Kier molecular flexibility index (Phi) is 5.77. The van der Waals surface area contributed by atoms with E-state index < -0.39 is 0 Å². The fourth-order valence-corrected chi connectivity index (χ4v) is 2.80. The first-order valence-electron chi connectivity index (χ1n) is 7.29. The summed E-state index contributed by atoms with van der Waals surface area (Å²) in [7, 11) is 0. The van der Waals surface area contributed by atoms with E-state index in [2.05, 4.69) is 19.2 Å². The first-order valence-corrected chi connectivity index (χ1v) is 7.67. The second-order valence-corrected chi connectivity index (χ2v) is 5.97. The zero-order chi connectivity index (χ0) is 15.2. The molecule has 0 heterocycles. The maximum atomic E-state index is 13.6. The summed E-state index contributed by atoms with van der Waals surface area (Å²) in [5.41, 5.74) is 1.89. The number of hydrogen-bond acceptors (Lipinski definition) is 1. The van der Waals surface area contributed by atoms with Crippen molar-refractivity contribution in [1.29, 1.82) is 0 Å². The second-order valence-electron chi connectivity index (χ2n) is 5.56. The van der Waals surface area contributed by atoms with Gasteiger partial charge in [-0.05, 0) is 49.9 Å². The van der Waals surface area contributed by atoms with Crippen LogP contribution >= 0.6 is 11.6 Å². The van der Waals surface area contributed by atoms with Crippen LogP contribution in [0.5, 0.6) is 0 Å². The Bertz CT molecular complexity index is 533. The molecule has 21 heavy (non-hydrogen) atoms. The van der Waals surface area contributed by atoms with E-state index in [-0.39, 0.29) is 17.9 Å². The van der Waals surface area contributed by atoms with E-state index in [1.807, 2.05) is 36.4 Å². The summed E-state index contributed by atoms with van der Waals surface area (Å²) < 4.78 is 13.6. The fourth-order valence-electron chi connectivity index (χ4n) is 2.59. The minimum Gasteiger partial charge on any atom is -0.311 e. The number of hydrogen-bond donors (Lipinski definition) is 1. The van der Waals surface area contributed by atoms with Gasteiger partial charge in [-0.3, -0.25) is 0 Å². The van der Waals surface area contributed by atoms with E-state index in [4.69, 9.17) is 11.6 Å². The summed E-state index contributed by atoms with van der Waals surface area (Å²) in [5.74, 6) is -0.134. The Morgan fingerprint density at radius 3 is 2.05 bits per heavy atom. The van der Waals surface area contributed by atoms with Crippen molar-refractivity contribution in [3.63, 3.8) is 0 Å². The largest absolute Gasteiger partial charge is 0.311 e. The van der Waals surface area contributed by atoms with Crippen LogP contribution in [0.3, 0.4) is 0 Å². The SMILES string of the molecule is CC(Cc1ccccc1F)NC(C)Cc1ccccc1Cl. The van der Waals surface area contributed by atoms with Gasteiger partial charge in [0.05, 0.1) is 0 Å². The molecule has 3 heteroatoms. The molecular formula is C18H21ClFN. The van der Waals surface area contributed by atoms with Crippen LogP contribution in [0, 0.1) is 5.82 Å². The highest BCUT2D eigenvalue weighted by Crippen LogP contribution is 2.17. The minimum absolute atomic E-state index is 0.134. The van der Waals surface area contributed by atoms with Crippen molar-refractivity contribution < 1.29 is 4.39 Å². The Labute approximate surface area is 131 Å². The third-order valence-electron chi connectivity index (χ3n) is 3.54. The number of rotatable bonds is 6. The van der Waals surface area contributed by atoms with Gasteiger partial charge in [-0.1, -0.05) is 48.0 Å². The average molecular weight is 306 g/mol. The molecule has 0 saturated carbocycles. The molecule has 1 nitrogen and oxygen atoms in total. The van der Waals surface area contributed by atoms with Gasteiger partial charge in [-0.15, -0.1) is 0 Å². The van der Waals surface area contributed by atoms with Crippen LogP contribution in [0.2, 0.25) is 5.02 Å². The predicted octanol–water partition coefficient (Wildman–Crippen LogP) is 4.63. The van der Waals surface area contributed by atoms with Crippen LogP contribution in [0.25, 0.3) is 0 Å². The third kappa shape index (κ3) is 4.83. The Balaban J connectivity index is 1.89. The molecule has 2 rings (SSSR count). The number of benzene rings is 2. The Morgan fingerprint density at radius 1 is 0.905 bits per heavy atom. The van der Waals surface area contributed by atoms with E-state index in [0.29, 0.717) is 6.42 Å². The van der Waals surface area contributed by atoms with Crippen LogP contribution < -0.4 is 5.32 Å². The highest BCUT2D eigenvalue weighted by molar-refractivity contribution is 6.31. The zero-order valence-electron chi connectivity index (χ0n) is 12.4. The van der Waals surface area contributed by atoms with Crippen molar-refractivity contribution in [2.75, 3.05) is 0 Å². The van der Waals surface area contributed by atoms with Crippen molar-refractivity contribution in [3.05, 3.63) is 70.5 Å². The monoisotopic (exact) mass is 305 g/mol. The van der Waals surface area contributed by atoms with E-state index in [9.17, 15) is 4.39 Å². The molecule has 1 N–H and O–H groups in total. The highest BCUT2D eigenvalue weighted by Gasteiger charge is 2.12. The first-order chi connectivity index (χ1) is 10.1. The quantitative estimate of drug-likeness (QED) is 0.820. The maximum absolute atomic E-state index is 13.6. The van der Waals surface area contributed by atoms with Crippen molar-refractivity contribution >= 4 is 11.6 Å². The van der Waals surface area contributed by atoms with Gasteiger partial charge in [0.25, 0.3) is 0 Å². The number of nitrogens with one attached hydrogen (secondary N) is 1. The van der Waals surface area contributed by atoms with Gasteiger partial charge >= 0.3 is 0 Å². The van der Waals surface area contributed by atoms with Crippen molar-refractivity contribution in [3.8, 4) is 0 Å². The molecule has 0 fully saturated rings. The fraction of sp³-hybridized carbons (Fsp3) is 0.333. The van der Waals surface area contributed by atoms with E-state index >= 15 is 0 Å². The van der Waals surface area contributed by atoms with Gasteiger partial charge in [0.2, 0.25) is 0 Å². The second kappa shape index (κ2) is 7.58. The Morgan fingerprint density at radius 2 is 1.43 bits per heavy atom. The molecule has 2 unspecified atom stereocenters. The molecule has 2 aromatic rings. The Hall–Kier alpha value is -1.38. The van der Waals surface area contributed by atoms with E-state index in [1.54, 1.807) is 6.07 Å². The molecule has 0 aromatic heterocycles. The van der Waals surface area contributed by atoms with Gasteiger partial charge < -0.3 is 5.32 Å². The lowest BCUT2D eigenvalue weighted by atomic mass is 10.0. The summed E-state index contributed by atoms with van der Waals surface area (Å²) in [4.78, 5) is 0. The molecule has 0 radical (unpaired) electrons. The van der Waals surface area contributed by atoms with Crippen LogP contribution in [0.1, 0.15) is 25.0 Å². The van der Waals surface area contributed by atoms with Crippen molar-refractivity contribution in [2.24, 2.45) is 0 Å². The molecular weight excluding hydrogens is 285 g/mol. The zero-order valence-corrected chi connectivity index (χ0v) is 13.2. The number of halogens is 2. The van der Waals surface area contributed by atoms with Crippen LogP contribution in [0.15, 0.2) is 48.5 Å². The molecule has 0 aliphatic carbocycles. The normalized spacial score (nSPS) is 13.9. The van der Waals surface area contributed by atoms with Gasteiger partial charge in [-0.2, -0.15) is 0 Å². The highest BCUT2D eigenvalue weighted by atomic mass is 35.5. The molecule has 2 aromatic carbocycles. The molecule has 0 aliphatic rings. The van der Waals surface area contributed by atoms with E-state index in [0.717, 1.165) is 22.6 Å². The molecule has 0 saturated heterocycles. The molecule has 0 aliphatic heterocycles. The summed E-state index contributed by atoms with van der Waals surface area (Å²) in [6.07, 6.45) is 1.54. The molecule has 0 amide bonds. The summed E-state index contributed by atoms with van der Waals surface area (Å²) in [5, 5.41) is 4.30. The van der Waals surface area contributed by atoms with Crippen LogP contribution in [-0.4, -0.2) is 12.1 Å². The van der Waals surface area contributed by atoms with E-state index in [1.165, 1.54) is 6.07 Å². The summed E-state index contributed by atoms with van der Waals surface area (Å²) in [6.45, 7) is 4.21. The molecule has 2 atom stereocenters. The lowest BCUT2D eigenvalue weighted by Crippen LogP contribution is -2.37. The lowest BCUT2D eigenvalue weighted by molar-refractivity contribution is 0.456. The molecule has 0 spiro atoms. The van der Waals surface area contributed by atoms with Crippen LogP contribution in [-0.2, 0) is 12.8 Å².